The van der Waals surface area contributed by atoms with Crippen molar-refractivity contribution in [3.63, 3.8) is 0 Å². The van der Waals surface area contributed by atoms with Gasteiger partial charge in [0.2, 0.25) is 0 Å². The second-order valence-corrected chi connectivity index (χ2v) is 5.91. The maximum atomic E-state index is 12.5. The molecular formula is C18H14F3N5. The van der Waals surface area contributed by atoms with E-state index in [2.05, 4.69) is 15.1 Å². The van der Waals surface area contributed by atoms with E-state index in [9.17, 15) is 13.2 Å². The van der Waals surface area contributed by atoms with Crippen LogP contribution in [0.3, 0.4) is 0 Å². The van der Waals surface area contributed by atoms with Gasteiger partial charge in [-0.1, -0.05) is 30.3 Å². The number of rotatable bonds is 4. The second-order valence-electron chi connectivity index (χ2n) is 5.91. The monoisotopic (exact) mass is 357 g/mol. The normalized spacial score (nSPS) is 12.0. The number of nitrogens with zero attached hydrogens (tertiary/aromatic N) is 5. The quantitative estimate of drug-likeness (QED) is 0.559. The van der Waals surface area contributed by atoms with Crippen molar-refractivity contribution in [1.29, 1.82) is 0 Å². The summed E-state index contributed by atoms with van der Waals surface area (Å²) >= 11 is 0. The van der Waals surface area contributed by atoms with Crippen molar-refractivity contribution in [3.8, 4) is 11.4 Å². The maximum absolute atomic E-state index is 12.5. The number of aromatic nitrogens is 5. The van der Waals surface area contributed by atoms with Crippen molar-refractivity contribution in [1.82, 2.24) is 24.1 Å². The minimum Gasteiger partial charge on any atom is -0.325 e. The summed E-state index contributed by atoms with van der Waals surface area (Å²) in [6, 6.07) is 12.0. The summed E-state index contributed by atoms with van der Waals surface area (Å²) in [6.45, 7) is 0.514. The average molecular weight is 357 g/mol. The van der Waals surface area contributed by atoms with E-state index in [0.29, 0.717) is 12.4 Å². The minimum atomic E-state index is -4.21. The first-order chi connectivity index (χ1) is 12.5. The second kappa shape index (κ2) is 6.29. The molecule has 0 unspecified atom stereocenters. The Morgan fingerprint density at radius 1 is 0.962 bits per heavy atom. The molecule has 0 aliphatic carbocycles. The van der Waals surface area contributed by atoms with Crippen molar-refractivity contribution in [2.75, 3.05) is 0 Å². The zero-order valence-corrected chi connectivity index (χ0v) is 13.6. The standard InChI is InChI=1S/C18H14F3N5/c19-18(20,21)10-13-4-6-14(7-5-13)17-22-8-9-25(17)11-15-2-1-3-16-23-12-24-26(15)16/h1-9,12H,10-11H2. The van der Waals surface area contributed by atoms with E-state index in [1.54, 1.807) is 22.8 Å². The molecule has 4 aromatic rings. The molecule has 5 nitrogen and oxygen atoms in total. The van der Waals surface area contributed by atoms with E-state index in [1.807, 2.05) is 29.0 Å². The Hall–Kier alpha value is -3.16. The van der Waals surface area contributed by atoms with E-state index < -0.39 is 12.6 Å². The zero-order valence-electron chi connectivity index (χ0n) is 13.6. The van der Waals surface area contributed by atoms with E-state index in [-0.39, 0.29) is 5.56 Å². The van der Waals surface area contributed by atoms with Gasteiger partial charge in [-0.2, -0.15) is 18.3 Å². The van der Waals surface area contributed by atoms with Crippen molar-refractivity contribution in [2.45, 2.75) is 19.1 Å². The number of alkyl halides is 3. The third-order valence-electron chi connectivity index (χ3n) is 4.04. The Morgan fingerprint density at radius 3 is 2.54 bits per heavy atom. The molecule has 0 bridgehead atoms. The molecule has 0 aliphatic rings. The number of hydrogen-bond donors (Lipinski definition) is 0. The number of fused-ring (bicyclic) bond motifs is 1. The van der Waals surface area contributed by atoms with E-state index in [1.165, 1.54) is 18.5 Å². The van der Waals surface area contributed by atoms with Crippen LogP contribution >= 0.6 is 0 Å². The summed E-state index contributed by atoms with van der Waals surface area (Å²) in [7, 11) is 0. The van der Waals surface area contributed by atoms with Crippen molar-refractivity contribution in [2.24, 2.45) is 0 Å². The molecule has 132 valence electrons. The highest BCUT2D eigenvalue weighted by Gasteiger charge is 2.27. The highest BCUT2D eigenvalue weighted by Crippen LogP contribution is 2.24. The third kappa shape index (κ3) is 3.30. The van der Waals surface area contributed by atoms with E-state index >= 15 is 0 Å². The summed E-state index contributed by atoms with van der Waals surface area (Å²) in [5.74, 6) is 0.681. The maximum Gasteiger partial charge on any atom is 0.393 e. The topological polar surface area (TPSA) is 48.0 Å². The molecule has 1 aromatic carbocycles. The Balaban J connectivity index is 1.62. The van der Waals surface area contributed by atoms with Gasteiger partial charge < -0.3 is 4.57 Å². The van der Waals surface area contributed by atoms with Gasteiger partial charge in [0.25, 0.3) is 0 Å². The number of pyridine rings is 1. The van der Waals surface area contributed by atoms with E-state index in [0.717, 1.165) is 16.9 Å². The fraction of sp³-hybridized carbons (Fsp3) is 0.167. The molecule has 0 spiro atoms. The molecule has 3 aromatic heterocycles. The van der Waals surface area contributed by atoms with Crippen LogP contribution in [-0.2, 0) is 13.0 Å². The predicted octanol–water partition coefficient (Wildman–Crippen LogP) is 3.75. The molecule has 0 atom stereocenters. The first kappa shape index (κ1) is 16.3. The van der Waals surface area contributed by atoms with Crippen molar-refractivity contribution < 1.29 is 13.2 Å². The molecule has 8 heteroatoms. The van der Waals surface area contributed by atoms with Gasteiger partial charge in [-0.25, -0.2) is 14.5 Å². The van der Waals surface area contributed by atoms with Gasteiger partial charge in [0.05, 0.1) is 18.7 Å². The lowest BCUT2D eigenvalue weighted by Gasteiger charge is -2.10. The predicted molar refractivity (Wildman–Crippen MR) is 89.5 cm³/mol. The Kier molecular flexibility index (Phi) is 3.95. The first-order valence-electron chi connectivity index (χ1n) is 7.94. The SMILES string of the molecule is FC(F)(F)Cc1ccc(-c2nccn2Cc2cccc3ncnn23)cc1. The number of hydrogen-bond acceptors (Lipinski definition) is 3. The lowest BCUT2D eigenvalue weighted by atomic mass is 10.1. The number of benzene rings is 1. The van der Waals surface area contributed by atoms with Crippen LogP contribution in [0.15, 0.2) is 61.2 Å². The van der Waals surface area contributed by atoms with Crippen LogP contribution in [0, 0.1) is 0 Å². The Labute approximate surface area is 146 Å². The summed E-state index contributed by atoms with van der Waals surface area (Å²) in [6.07, 6.45) is -0.158. The molecule has 0 amide bonds. The fourth-order valence-corrected chi connectivity index (χ4v) is 2.90. The fourth-order valence-electron chi connectivity index (χ4n) is 2.90. The van der Waals surface area contributed by atoms with E-state index in [4.69, 9.17) is 0 Å². The highest BCUT2D eigenvalue weighted by atomic mass is 19.4. The average Bonchev–Trinajstić information content (AvgIpc) is 3.24. The van der Waals surface area contributed by atoms with Crippen molar-refractivity contribution in [3.05, 3.63) is 72.4 Å². The van der Waals surface area contributed by atoms with Crippen LogP contribution in [-0.4, -0.2) is 30.3 Å². The molecule has 0 aliphatic heterocycles. The van der Waals surface area contributed by atoms with Gasteiger partial charge in [0.15, 0.2) is 5.65 Å². The summed E-state index contributed by atoms with van der Waals surface area (Å²) in [5, 5.41) is 4.21. The smallest absolute Gasteiger partial charge is 0.325 e. The van der Waals surface area contributed by atoms with Gasteiger partial charge in [-0.15, -0.1) is 0 Å². The van der Waals surface area contributed by atoms with Gasteiger partial charge >= 0.3 is 6.18 Å². The molecule has 26 heavy (non-hydrogen) atoms. The molecule has 0 fully saturated rings. The van der Waals surface area contributed by atoms with Crippen LogP contribution in [0.25, 0.3) is 17.0 Å². The van der Waals surface area contributed by atoms with Crippen LogP contribution < -0.4 is 0 Å². The van der Waals surface area contributed by atoms with Gasteiger partial charge in [0.1, 0.15) is 12.2 Å². The first-order valence-corrected chi connectivity index (χ1v) is 7.94. The molecule has 0 saturated carbocycles. The van der Waals surface area contributed by atoms with Gasteiger partial charge in [-0.05, 0) is 17.7 Å². The van der Waals surface area contributed by atoms with Crippen molar-refractivity contribution >= 4 is 5.65 Å². The lowest BCUT2D eigenvalue weighted by molar-refractivity contribution is -0.127. The van der Waals surface area contributed by atoms with Crippen LogP contribution in [0.1, 0.15) is 11.3 Å². The number of halogens is 3. The molecular weight excluding hydrogens is 343 g/mol. The summed E-state index contributed by atoms with van der Waals surface area (Å²) in [4.78, 5) is 8.51. The van der Waals surface area contributed by atoms with Crippen LogP contribution in [0.5, 0.6) is 0 Å². The third-order valence-corrected chi connectivity index (χ3v) is 4.04. The van der Waals surface area contributed by atoms with Gasteiger partial charge in [0, 0.05) is 18.0 Å². The molecule has 0 saturated heterocycles. The zero-order chi connectivity index (χ0) is 18.1. The Morgan fingerprint density at radius 2 is 1.77 bits per heavy atom. The largest absolute Gasteiger partial charge is 0.393 e. The van der Waals surface area contributed by atoms with Crippen LogP contribution in [0.4, 0.5) is 13.2 Å². The highest BCUT2D eigenvalue weighted by molar-refractivity contribution is 5.56. The molecule has 3 heterocycles. The minimum absolute atomic E-state index is 0.228. The molecule has 4 rings (SSSR count). The Bertz CT molecular complexity index is 1030. The molecule has 0 N–H and O–H groups in total. The summed E-state index contributed by atoms with van der Waals surface area (Å²) < 4.78 is 41.2. The lowest BCUT2D eigenvalue weighted by Crippen LogP contribution is -2.11. The summed E-state index contributed by atoms with van der Waals surface area (Å²) in [5.41, 5.74) is 2.66. The van der Waals surface area contributed by atoms with Gasteiger partial charge in [-0.3, -0.25) is 0 Å². The van der Waals surface area contributed by atoms with Crippen LogP contribution in [0.2, 0.25) is 0 Å². The molecule has 0 radical (unpaired) electrons. The number of imidazole rings is 1.